The summed E-state index contributed by atoms with van der Waals surface area (Å²) in [5, 5.41) is 12.0. The van der Waals surface area contributed by atoms with Crippen molar-refractivity contribution in [2.45, 2.75) is 43.9 Å². The summed E-state index contributed by atoms with van der Waals surface area (Å²) in [5.74, 6) is -1.60. The Kier molecular flexibility index (Phi) is 6.08. The Hall–Kier alpha value is -2.48. The number of methoxy groups -OCH3 is 1. The zero-order valence-electron chi connectivity index (χ0n) is 14.2. The monoisotopic (exact) mass is 351 g/mol. The smallest absolute Gasteiger partial charge is 0.305 e. The molecule has 136 valence electrons. The van der Waals surface area contributed by atoms with Gasteiger partial charge in [0, 0.05) is 24.7 Å². The van der Waals surface area contributed by atoms with E-state index in [4.69, 9.17) is 9.47 Å². The standard InChI is InChI=1S/C17H21NO7/c1-12(19)25-16-10-14(13-6-4-3-5-7-13)17(11-24-16,18(21)22)9-8-15(20)23-2/h3-7,14,16H,8-11H2,1-2H3/t14-,16?,17+/m0/s1. The van der Waals surface area contributed by atoms with E-state index >= 15 is 0 Å². The van der Waals surface area contributed by atoms with Crippen LogP contribution in [0.2, 0.25) is 0 Å². The third-order valence-corrected chi connectivity index (χ3v) is 4.45. The van der Waals surface area contributed by atoms with Gasteiger partial charge in [0.2, 0.25) is 6.29 Å². The lowest BCUT2D eigenvalue weighted by atomic mass is 9.73. The van der Waals surface area contributed by atoms with Crippen molar-refractivity contribution in [3.8, 4) is 0 Å². The summed E-state index contributed by atoms with van der Waals surface area (Å²) < 4.78 is 15.1. The Morgan fingerprint density at radius 1 is 1.36 bits per heavy atom. The number of rotatable bonds is 6. The second-order valence-corrected chi connectivity index (χ2v) is 5.99. The molecule has 0 bridgehead atoms. The molecule has 0 radical (unpaired) electrons. The minimum absolute atomic E-state index is 0.0287. The summed E-state index contributed by atoms with van der Waals surface area (Å²) in [4.78, 5) is 34.3. The summed E-state index contributed by atoms with van der Waals surface area (Å²) in [7, 11) is 1.24. The molecule has 0 saturated carbocycles. The number of carbonyl (C=O) groups is 2. The minimum atomic E-state index is -1.49. The highest BCUT2D eigenvalue weighted by Gasteiger charge is 2.55. The second kappa shape index (κ2) is 8.06. The van der Waals surface area contributed by atoms with Gasteiger partial charge in [0.05, 0.1) is 19.4 Å². The van der Waals surface area contributed by atoms with Crippen molar-refractivity contribution in [2.75, 3.05) is 13.7 Å². The van der Waals surface area contributed by atoms with E-state index in [1.165, 1.54) is 14.0 Å². The molecule has 1 heterocycles. The van der Waals surface area contributed by atoms with Gasteiger partial charge in [0.25, 0.3) is 5.54 Å². The number of carbonyl (C=O) groups excluding carboxylic acids is 2. The predicted molar refractivity (Wildman–Crippen MR) is 86.3 cm³/mol. The van der Waals surface area contributed by atoms with E-state index in [2.05, 4.69) is 4.74 Å². The van der Waals surface area contributed by atoms with Crippen LogP contribution >= 0.6 is 0 Å². The van der Waals surface area contributed by atoms with Crippen LogP contribution in [-0.2, 0) is 23.8 Å². The number of ether oxygens (including phenoxy) is 3. The lowest BCUT2D eigenvalue weighted by Gasteiger charge is -2.39. The van der Waals surface area contributed by atoms with Crippen LogP contribution in [-0.4, -0.2) is 42.4 Å². The van der Waals surface area contributed by atoms with Crippen molar-refractivity contribution in [3.05, 3.63) is 46.0 Å². The molecule has 3 atom stereocenters. The molecule has 0 amide bonds. The normalized spacial score (nSPS) is 25.8. The van der Waals surface area contributed by atoms with E-state index in [1.54, 1.807) is 24.3 Å². The van der Waals surface area contributed by atoms with E-state index in [0.29, 0.717) is 0 Å². The molecule has 1 aromatic carbocycles. The number of esters is 2. The van der Waals surface area contributed by atoms with Gasteiger partial charge in [-0.3, -0.25) is 19.7 Å². The van der Waals surface area contributed by atoms with Gasteiger partial charge in [-0.05, 0) is 5.56 Å². The Balaban J connectivity index is 2.35. The van der Waals surface area contributed by atoms with Crippen LogP contribution in [0.1, 0.15) is 37.7 Å². The Labute approximate surface area is 145 Å². The van der Waals surface area contributed by atoms with Crippen LogP contribution in [0.25, 0.3) is 0 Å². The number of hydrogen-bond donors (Lipinski definition) is 0. The van der Waals surface area contributed by atoms with Crippen molar-refractivity contribution >= 4 is 11.9 Å². The van der Waals surface area contributed by atoms with E-state index in [0.717, 1.165) is 5.56 Å². The molecule has 8 heteroatoms. The summed E-state index contributed by atoms with van der Waals surface area (Å²) >= 11 is 0. The third-order valence-electron chi connectivity index (χ3n) is 4.45. The van der Waals surface area contributed by atoms with Gasteiger partial charge in [-0.15, -0.1) is 0 Å². The maximum atomic E-state index is 12.0. The highest BCUT2D eigenvalue weighted by Crippen LogP contribution is 2.43. The molecule has 1 aromatic rings. The lowest BCUT2D eigenvalue weighted by Crippen LogP contribution is -2.54. The first-order valence-electron chi connectivity index (χ1n) is 7.94. The predicted octanol–water partition coefficient (Wildman–Crippen LogP) is 2.05. The Bertz CT molecular complexity index is 633. The molecule has 0 spiro atoms. The van der Waals surface area contributed by atoms with Crippen LogP contribution in [0.5, 0.6) is 0 Å². The van der Waals surface area contributed by atoms with Crippen LogP contribution in [0.4, 0.5) is 0 Å². The Morgan fingerprint density at radius 3 is 2.60 bits per heavy atom. The topological polar surface area (TPSA) is 105 Å². The summed E-state index contributed by atoms with van der Waals surface area (Å²) in [5.41, 5.74) is -0.754. The summed E-state index contributed by atoms with van der Waals surface area (Å²) in [6.07, 6.45) is -0.832. The van der Waals surface area contributed by atoms with Crippen LogP contribution in [0.3, 0.4) is 0 Å². The van der Waals surface area contributed by atoms with Gasteiger partial charge < -0.3 is 14.2 Å². The minimum Gasteiger partial charge on any atom is -0.469 e. The van der Waals surface area contributed by atoms with Gasteiger partial charge in [-0.2, -0.15) is 0 Å². The molecule has 25 heavy (non-hydrogen) atoms. The summed E-state index contributed by atoms with van der Waals surface area (Å²) in [6, 6.07) is 8.97. The first-order chi connectivity index (χ1) is 11.9. The molecular weight excluding hydrogens is 330 g/mol. The second-order valence-electron chi connectivity index (χ2n) is 5.99. The molecule has 1 fully saturated rings. The molecular formula is C17H21NO7. The van der Waals surface area contributed by atoms with Crippen LogP contribution in [0.15, 0.2) is 30.3 Å². The van der Waals surface area contributed by atoms with E-state index in [1.807, 2.05) is 6.07 Å². The van der Waals surface area contributed by atoms with Crippen molar-refractivity contribution in [3.63, 3.8) is 0 Å². The molecule has 8 nitrogen and oxygen atoms in total. The summed E-state index contributed by atoms with van der Waals surface area (Å²) in [6.45, 7) is 1.00. The van der Waals surface area contributed by atoms with Gasteiger partial charge in [-0.1, -0.05) is 30.3 Å². The van der Waals surface area contributed by atoms with Crippen molar-refractivity contribution in [2.24, 2.45) is 0 Å². The third kappa shape index (κ3) is 4.33. The molecule has 1 unspecified atom stereocenters. The zero-order valence-corrected chi connectivity index (χ0v) is 14.2. The molecule has 0 aliphatic carbocycles. The van der Waals surface area contributed by atoms with E-state index < -0.39 is 34.6 Å². The fourth-order valence-electron chi connectivity index (χ4n) is 3.15. The van der Waals surface area contributed by atoms with Crippen molar-refractivity contribution < 1.29 is 28.7 Å². The highest BCUT2D eigenvalue weighted by atomic mass is 16.7. The number of nitro groups is 1. The number of benzene rings is 1. The van der Waals surface area contributed by atoms with Crippen LogP contribution in [0, 0.1) is 10.1 Å². The first kappa shape index (κ1) is 18.9. The maximum Gasteiger partial charge on any atom is 0.305 e. The molecule has 0 N–H and O–H groups in total. The SMILES string of the molecule is COC(=O)CC[C@@]1([N+](=O)[O-])COC(OC(C)=O)C[C@H]1c1ccccc1. The van der Waals surface area contributed by atoms with Gasteiger partial charge >= 0.3 is 11.9 Å². The maximum absolute atomic E-state index is 12.0. The fraction of sp³-hybridized carbons (Fsp3) is 0.529. The van der Waals surface area contributed by atoms with Gasteiger partial charge in [-0.25, -0.2) is 0 Å². The number of hydrogen-bond acceptors (Lipinski definition) is 7. The van der Waals surface area contributed by atoms with E-state index in [-0.39, 0.29) is 25.9 Å². The average Bonchev–Trinajstić information content (AvgIpc) is 2.60. The van der Waals surface area contributed by atoms with E-state index in [9.17, 15) is 19.7 Å². The number of nitrogens with zero attached hydrogens (tertiary/aromatic N) is 1. The first-order valence-corrected chi connectivity index (χ1v) is 7.94. The molecule has 2 rings (SSSR count). The zero-order chi connectivity index (χ0) is 18.4. The molecule has 1 aliphatic rings. The van der Waals surface area contributed by atoms with Gasteiger partial charge in [0.15, 0.2) is 0 Å². The molecule has 1 aliphatic heterocycles. The van der Waals surface area contributed by atoms with Crippen LogP contribution < -0.4 is 0 Å². The van der Waals surface area contributed by atoms with Gasteiger partial charge in [0.1, 0.15) is 6.61 Å². The average molecular weight is 351 g/mol. The quantitative estimate of drug-likeness (QED) is 0.439. The lowest BCUT2D eigenvalue weighted by molar-refractivity contribution is -0.588. The van der Waals surface area contributed by atoms with Crippen molar-refractivity contribution in [1.29, 1.82) is 0 Å². The Morgan fingerprint density at radius 2 is 2.04 bits per heavy atom. The molecule has 1 saturated heterocycles. The molecule has 0 aromatic heterocycles. The largest absolute Gasteiger partial charge is 0.469 e. The highest BCUT2D eigenvalue weighted by molar-refractivity contribution is 5.69. The fourth-order valence-corrected chi connectivity index (χ4v) is 3.15. The van der Waals surface area contributed by atoms with Crippen molar-refractivity contribution in [1.82, 2.24) is 0 Å².